The molecule has 2 fully saturated rings. The van der Waals surface area contributed by atoms with Crippen molar-refractivity contribution in [1.29, 1.82) is 0 Å². The molecule has 2 amide bonds. The number of nitrogens with zero attached hydrogens (tertiary/aromatic N) is 3. The highest BCUT2D eigenvalue weighted by Crippen LogP contribution is 2.36. The molecule has 2 aliphatic heterocycles. The number of carboxylic acids is 1. The van der Waals surface area contributed by atoms with Gasteiger partial charge in [0, 0.05) is 49.5 Å². The largest absolute Gasteiger partial charge is 0.490 e. The number of hydrogen-bond acceptors (Lipinski definition) is 6. The molecule has 3 aromatic rings. The van der Waals surface area contributed by atoms with Crippen LogP contribution in [-0.2, 0) is 9.59 Å². The first-order chi connectivity index (χ1) is 19.4. The standard InChI is InChI=1S/C25H25F2N5O2.C2HF3O2/c26-20-6-5-19(14-21(20)27)32-16-30-24(34)25(32)7-10-31(11-8-25)12-9-28-23(33)18-13-17-3-1-2-4-22(17)29-15-18;3-2(4,5)1(6)7/h1-6,13-15H,7-12,16H2,(H,28,33)(H,30,34);(H,6,7). The number of likely N-dealkylation sites (tertiary alicyclic amines) is 1. The van der Waals surface area contributed by atoms with Crippen molar-refractivity contribution in [2.24, 2.45) is 0 Å². The number of piperidine rings is 1. The van der Waals surface area contributed by atoms with Crippen LogP contribution in [0.5, 0.6) is 0 Å². The van der Waals surface area contributed by atoms with E-state index in [1.54, 1.807) is 6.20 Å². The third-order valence-corrected chi connectivity index (χ3v) is 7.04. The second kappa shape index (κ2) is 12.0. The van der Waals surface area contributed by atoms with E-state index < -0.39 is 29.3 Å². The molecule has 3 N–H and O–H groups in total. The van der Waals surface area contributed by atoms with E-state index in [0.717, 1.165) is 23.0 Å². The average molecular weight is 580 g/mol. The van der Waals surface area contributed by atoms with Crippen molar-refractivity contribution in [3.63, 3.8) is 0 Å². The zero-order valence-corrected chi connectivity index (χ0v) is 21.5. The van der Waals surface area contributed by atoms with E-state index in [0.29, 0.717) is 50.3 Å². The minimum Gasteiger partial charge on any atom is -0.475 e. The zero-order chi connectivity index (χ0) is 29.8. The van der Waals surface area contributed by atoms with E-state index in [-0.39, 0.29) is 18.5 Å². The Hall–Kier alpha value is -4.33. The Morgan fingerprint density at radius 2 is 1.73 bits per heavy atom. The maximum Gasteiger partial charge on any atom is 0.490 e. The lowest BCUT2D eigenvalue weighted by Gasteiger charge is -2.43. The maximum absolute atomic E-state index is 13.8. The number of rotatable bonds is 5. The van der Waals surface area contributed by atoms with Crippen LogP contribution in [0.25, 0.3) is 10.9 Å². The second-order valence-electron chi connectivity index (χ2n) is 9.54. The molecule has 2 saturated heterocycles. The lowest BCUT2D eigenvalue weighted by atomic mass is 9.85. The van der Waals surface area contributed by atoms with Crippen molar-refractivity contribution < 1.29 is 41.4 Å². The van der Waals surface area contributed by atoms with Gasteiger partial charge in [-0.3, -0.25) is 14.6 Å². The summed E-state index contributed by atoms with van der Waals surface area (Å²) in [7, 11) is 0. The highest BCUT2D eigenvalue weighted by atomic mass is 19.4. The van der Waals surface area contributed by atoms with Gasteiger partial charge in [0.2, 0.25) is 5.91 Å². The number of carbonyl (C=O) groups excluding carboxylic acids is 2. The second-order valence-corrected chi connectivity index (χ2v) is 9.54. The van der Waals surface area contributed by atoms with Crippen molar-refractivity contribution >= 4 is 34.4 Å². The molecule has 218 valence electrons. The van der Waals surface area contributed by atoms with Crippen molar-refractivity contribution in [2.45, 2.75) is 24.6 Å². The molecule has 2 aromatic carbocycles. The maximum atomic E-state index is 13.8. The predicted octanol–water partition coefficient (Wildman–Crippen LogP) is 3.30. The summed E-state index contributed by atoms with van der Waals surface area (Å²) in [4.78, 5) is 42.5. The number of para-hydroxylation sites is 1. The number of carboxylic acid groups (broad SMARTS) is 1. The minimum absolute atomic E-state index is 0.0889. The van der Waals surface area contributed by atoms with Crippen LogP contribution in [0.1, 0.15) is 23.2 Å². The Morgan fingerprint density at radius 1 is 1.05 bits per heavy atom. The van der Waals surface area contributed by atoms with Crippen molar-refractivity contribution in [3.05, 3.63) is 71.9 Å². The van der Waals surface area contributed by atoms with Crippen LogP contribution >= 0.6 is 0 Å². The molecule has 1 spiro atoms. The topological polar surface area (TPSA) is 115 Å². The molecule has 0 unspecified atom stereocenters. The van der Waals surface area contributed by atoms with Gasteiger partial charge in [-0.2, -0.15) is 13.2 Å². The summed E-state index contributed by atoms with van der Waals surface area (Å²) in [6.45, 7) is 2.69. The van der Waals surface area contributed by atoms with E-state index in [1.165, 1.54) is 6.07 Å². The van der Waals surface area contributed by atoms with Gasteiger partial charge >= 0.3 is 12.1 Å². The Kier molecular flexibility index (Phi) is 8.71. The summed E-state index contributed by atoms with van der Waals surface area (Å²) in [5.41, 5.74) is 1.07. The third kappa shape index (κ3) is 6.70. The molecule has 14 heteroatoms. The Labute approximate surface area is 230 Å². The molecule has 2 aliphatic rings. The molecule has 0 radical (unpaired) electrons. The number of hydrogen-bond donors (Lipinski definition) is 3. The van der Waals surface area contributed by atoms with Crippen LogP contribution < -0.4 is 15.5 Å². The van der Waals surface area contributed by atoms with E-state index in [4.69, 9.17) is 9.90 Å². The number of halogens is 5. The molecular weight excluding hydrogens is 553 g/mol. The van der Waals surface area contributed by atoms with Gasteiger partial charge in [-0.05, 0) is 37.1 Å². The molecule has 0 bridgehead atoms. The monoisotopic (exact) mass is 579 g/mol. The van der Waals surface area contributed by atoms with Gasteiger partial charge in [0.25, 0.3) is 5.91 Å². The summed E-state index contributed by atoms with van der Waals surface area (Å²) < 4.78 is 58.9. The number of fused-ring (bicyclic) bond motifs is 1. The lowest BCUT2D eigenvalue weighted by molar-refractivity contribution is -0.192. The Morgan fingerprint density at radius 3 is 2.39 bits per heavy atom. The van der Waals surface area contributed by atoms with Crippen LogP contribution in [-0.4, -0.2) is 77.3 Å². The van der Waals surface area contributed by atoms with Crippen LogP contribution in [0, 0.1) is 11.6 Å². The Balaban J connectivity index is 0.000000493. The molecule has 0 aliphatic carbocycles. The van der Waals surface area contributed by atoms with E-state index >= 15 is 0 Å². The van der Waals surface area contributed by atoms with E-state index in [1.807, 2.05) is 35.2 Å². The van der Waals surface area contributed by atoms with Crippen LogP contribution in [0.2, 0.25) is 0 Å². The summed E-state index contributed by atoms with van der Waals surface area (Å²) in [5, 5.41) is 13.8. The van der Waals surface area contributed by atoms with Gasteiger partial charge in [-0.15, -0.1) is 0 Å². The molecule has 41 heavy (non-hydrogen) atoms. The van der Waals surface area contributed by atoms with Gasteiger partial charge in [-0.25, -0.2) is 13.6 Å². The van der Waals surface area contributed by atoms with E-state index in [2.05, 4.69) is 20.5 Å². The first-order valence-electron chi connectivity index (χ1n) is 12.6. The number of amides is 2. The number of anilines is 1. The van der Waals surface area contributed by atoms with Crippen LogP contribution in [0.3, 0.4) is 0 Å². The number of alkyl halides is 3. The molecular formula is C27H26F5N5O4. The normalized spacial score (nSPS) is 16.7. The van der Waals surface area contributed by atoms with Gasteiger partial charge in [0.15, 0.2) is 11.6 Å². The highest BCUT2D eigenvalue weighted by molar-refractivity contribution is 5.97. The molecule has 0 saturated carbocycles. The summed E-state index contributed by atoms with van der Waals surface area (Å²) in [6.07, 6.45) is -2.39. The van der Waals surface area contributed by atoms with Gasteiger partial charge in [0.05, 0.1) is 17.7 Å². The number of pyridine rings is 1. The molecule has 5 rings (SSSR count). The lowest BCUT2D eigenvalue weighted by Crippen LogP contribution is -2.57. The number of aliphatic carboxylic acids is 1. The molecule has 9 nitrogen and oxygen atoms in total. The van der Waals surface area contributed by atoms with Crippen molar-refractivity contribution in [3.8, 4) is 0 Å². The summed E-state index contributed by atoms with van der Waals surface area (Å²) in [5.74, 6) is -4.86. The number of benzene rings is 2. The van der Waals surface area contributed by atoms with Crippen molar-refractivity contribution in [2.75, 3.05) is 37.7 Å². The smallest absolute Gasteiger partial charge is 0.475 e. The third-order valence-electron chi connectivity index (χ3n) is 7.04. The van der Waals surface area contributed by atoms with Gasteiger partial charge in [-0.1, -0.05) is 18.2 Å². The molecule has 3 heterocycles. The Bertz CT molecular complexity index is 1440. The fraction of sp³-hybridized carbons (Fsp3) is 0.333. The number of aromatic nitrogens is 1. The molecule has 1 aromatic heterocycles. The van der Waals surface area contributed by atoms with E-state index in [9.17, 15) is 31.5 Å². The quantitative estimate of drug-likeness (QED) is 0.398. The minimum atomic E-state index is -5.08. The van der Waals surface area contributed by atoms with Crippen LogP contribution in [0.4, 0.5) is 27.6 Å². The first-order valence-corrected chi connectivity index (χ1v) is 12.6. The SMILES string of the molecule is O=C(NCCN1CCC2(CC1)C(=O)NCN2c1ccc(F)c(F)c1)c1cnc2ccccc2c1.O=C(O)C(F)(F)F. The predicted molar refractivity (Wildman–Crippen MR) is 138 cm³/mol. The first kappa shape index (κ1) is 29.6. The number of carbonyl (C=O) groups is 3. The van der Waals surface area contributed by atoms with Crippen LogP contribution in [0.15, 0.2) is 54.7 Å². The van der Waals surface area contributed by atoms with Gasteiger partial charge in [0.1, 0.15) is 5.54 Å². The fourth-order valence-electron chi connectivity index (χ4n) is 4.85. The zero-order valence-electron chi connectivity index (χ0n) is 21.5. The average Bonchev–Trinajstić information content (AvgIpc) is 3.25. The molecule has 0 atom stereocenters. The number of nitrogens with one attached hydrogen (secondary N) is 2. The summed E-state index contributed by atoms with van der Waals surface area (Å²) >= 11 is 0. The van der Waals surface area contributed by atoms with Gasteiger partial charge < -0.3 is 25.5 Å². The van der Waals surface area contributed by atoms with Crippen molar-refractivity contribution in [1.82, 2.24) is 20.5 Å². The fourth-order valence-corrected chi connectivity index (χ4v) is 4.85. The highest BCUT2D eigenvalue weighted by Gasteiger charge is 2.50. The summed E-state index contributed by atoms with van der Waals surface area (Å²) in [6, 6.07) is 13.2.